The van der Waals surface area contributed by atoms with Crippen LogP contribution in [-0.4, -0.2) is 47.2 Å². The Bertz CT molecular complexity index is 1390. The molecular weight excluding hydrogens is 481 g/mol. The Hall–Kier alpha value is -3.03. The number of sulfone groups is 1. The van der Waals surface area contributed by atoms with Crippen LogP contribution < -0.4 is 10.0 Å². The van der Waals surface area contributed by atoms with Gasteiger partial charge < -0.3 is 5.32 Å². The third-order valence-corrected chi connectivity index (χ3v) is 7.24. The first kappa shape index (κ1) is 24.6. The number of nitrogens with one attached hydrogen (secondary N) is 2. The fraction of sp³-hybridized carbons (Fsp3) is 0.200. The molecule has 0 amide bonds. The Morgan fingerprint density at radius 1 is 0.788 bits per heavy atom. The Balaban J connectivity index is 2.29. The van der Waals surface area contributed by atoms with Crippen molar-refractivity contribution in [3.63, 3.8) is 0 Å². The summed E-state index contributed by atoms with van der Waals surface area (Å²) in [7, 11) is -4.59. The molecule has 176 valence electrons. The van der Waals surface area contributed by atoms with Crippen LogP contribution in [0.15, 0.2) is 58.3 Å². The minimum absolute atomic E-state index is 0.00614. The van der Waals surface area contributed by atoms with Crippen LogP contribution in [0.5, 0.6) is 0 Å². The van der Waals surface area contributed by atoms with Crippen LogP contribution in [0.1, 0.15) is 5.82 Å². The van der Waals surface area contributed by atoms with Gasteiger partial charge in [-0.15, -0.1) is 0 Å². The Morgan fingerprint density at radius 3 is 1.76 bits per heavy atom. The number of nitrogens with zero attached hydrogens (tertiary/aromatic N) is 2. The van der Waals surface area contributed by atoms with E-state index < -0.39 is 31.9 Å². The summed E-state index contributed by atoms with van der Waals surface area (Å²) in [6.07, 6.45) is -3.82. The van der Waals surface area contributed by atoms with Crippen LogP contribution in [0.4, 0.5) is 19.0 Å². The van der Waals surface area contributed by atoms with Crippen molar-refractivity contribution in [3.05, 3.63) is 54.4 Å². The van der Waals surface area contributed by atoms with Gasteiger partial charge in [-0.3, -0.25) is 0 Å². The molecule has 8 nitrogen and oxygen atoms in total. The minimum Gasteiger partial charge on any atom is -0.372 e. The van der Waals surface area contributed by atoms with E-state index in [1.54, 1.807) is 0 Å². The number of aromatic nitrogens is 2. The second kappa shape index (κ2) is 8.72. The molecule has 0 spiro atoms. The highest BCUT2D eigenvalue weighted by molar-refractivity contribution is 7.90. The summed E-state index contributed by atoms with van der Waals surface area (Å²) in [4.78, 5) is 7.28. The summed E-state index contributed by atoms with van der Waals surface area (Å²) in [5.41, 5.74) is 0.649. The maximum absolute atomic E-state index is 13.5. The number of hydrogen-bond donors (Lipinski definition) is 2. The lowest BCUT2D eigenvalue weighted by Gasteiger charge is -2.17. The number of hydrogen-bond acceptors (Lipinski definition) is 7. The van der Waals surface area contributed by atoms with E-state index in [0.29, 0.717) is 5.56 Å². The summed E-state index contributed by atoms with van der Waals surface area (Å²) < 4.78 is 90.1. The van der Waals surface area contributed by atoms with Crippen molar-refractivity contribution >= 4 is 25.7 Å². The molecule has 0 aliphatic heterocycles. The van der Waals surface area contributed by atoms with E-state index in [4.69, 9.17) is 0 Å². The van der Waals surface area contributed by atoms with E-state index in [9.17, 15) is 30.0 Å². The van der Waals surface area contributed by atoms with Gasteiger partial charge in [0.15, 0.2) is 9.84 Å². The maximum Gasteiger partial charge on any atom is 0.451 e. The molecule has 0 atom stereocenters. The van der Waals surface area contributed by atoms with Gasteiger partial charge >= 0.3 is 6.18 Å². The summed E-state index contributed by atoms with van der Waals surface area (Å²) in [6.45, 7) is 0. The first-order chi connectivity index (χ1) is 15.3. The van der Waals surface area contributed by atoms with Gasteiger partial charge in [0.2, 0.25) is 15.8 Å². The molecule has 0 aliphatic carbocycles. The predicted molar refractivity (Wildman–Crippen MR) is 117 cm³/mol. The average Bonchev–Trinajstić information content (AvgIpc) is 2.77. The molecule has 2 aromatic carbocycles. The molecule has 1 aromatic heterocycles. The van der Waals surface area contributed by atoms with Crippen molar-refractivity contribution < 1.29 is 30.0 Å². The predicted octanol–water partition coefficient (Wildman–Crippen LogP) is 3.18. The van der Waals surface area contributed by atoms with Crippen LogP contribution in [0.2, 0.25) is 0 Å². The van der Waals surface area contributed by atoms with Crippen molar-refractivity contribution in [2.75, 3.05) is 25.7 Å². The highest BCUT2D eigenvalue weighted by atomic mass is 32.2. The molecule has 3 aromatic rings. The molecule has 0 saturated carbocycles. The Morgan fingerprint density at radius 2 is 1.30 bits per heavy atom. The van der Waals surface area contributed by atoms with Gasteiger partial charge in [-0.05, 0) is 36.9 Å². The lowest BCUT2D eigenvalue weighted by atomic mass is 9.99. The van der Waals surface area contributed by atoms with Crippen molar-refractivity contribution in [3.8, 4) is 22.4 Å². The zero-order chi connectivity index (χ0) is 24.6. The van der Waals surface area contributed by atoms with Gasteiger partial charge in [-0.25, -0.2) is 31.5 Å². The number of rotatable bonds is 6. The molecule has 0 aliphatic rings. The first-order valence-corrected chi connectivity index (χ1v) is 12.7. The first-order valence-electron chi connectivity index (χ1n) is 9.29. The van der Waals surface area contributed by atoms with Crippen LogP contribution in [0.3, 0.4) is 0 Å². The van der Waals surface area contributed by atoms with Crippen LogP contribution in [0, 0.1) is 0 Å². The van der Waals surface area contributed by atoms with Gasteiger partial charge in [0.05, 0.1) is 21.0 Å². The monoisotopic (exact) mass is 500 g/mol. The van der Waals surface area contributed by atoms with Gasteiger partial charge in [-0.2, -0.15) is 13.2 Å². The Labute approximate surface area is 188 Å². The average molecular weight is 501 g/mol. The van der Waals surface area contributed by atoms with Crippen LogP contribution >= 0.6 is 0 Å². The van der Waals surface area contributed by atoms with Crippen molar-refractivity contribution in [2.24, 2.45) is 0 Å². The smallest absolute Gasteiger partial charge is 0.372 e. The fourth-order valence-electron chi connectivity index (χ4n) is 3.03. The molecule has 0 fully saturated rings. The van der Waals surface area contributed by atoms with Gasteiger partial charge in [0.25, 0.3) is 0 Å². The topological polar surface area (TPSA) is 118 Å². The van der Waals surface area contributed by atoms with Crippen molar-refractivity contribution in [1.82, 2.24) is 14.7 Å². The highest BCUT2D eigenvalue weighted by Crippen LogP contribution is 2.39. The molecule has 3 rings (SSSR count). The molecule has 1 heterocycles. The van der Waals surface area contributed by atoms with E-state index in [1.165, 1.54) is 62.6 Å². The SMILES string of the molecule is CNc1nc(C(F)(F)F)nc(-c2ccc(S(C)(=O)=O)cc2)c1-c1ccc(S(=O)(=O)NC)cc1. The van der Waals surface area contributed by atoms with E-state index in [2.05, 4.69) is 20.0 Å². The molecule has 2 N–H and O–H groups in total. The zero-order valence-corrected chi connectivity index (χ0v) is 19.2. The summed E-state index contributed by atoms with van der Waals surface area (Å²) in [5.74, 6) is -1.52. The second-order valence-electron chi connectivity index (χ2n) is 6.90. The largest absolute Gasteiger partial charge is 0.451 e. The second-order valence-corrected chi connectivity index (χ2v) is 10.8. The molecule has 13 heteroatoms. The van der Waals surface area contributed by atoms with E-state index >= 15 is 0 Å². The highest BCUT2D eigenvalue weighted by Gasteiger charge is 2.36. The third kappa shape index (κ3) is 5.15. The third-order valence-electron chi connectivity index (χ3n) is 4.68. The normalized spacial score (nSPS) is 12.5. The molecule has 33 heavy (non-hydrogen) atoms. The standard InChI is InChI=1S/C20H19F3N4O4S2/c1-24-18-16(12-4-10-15(11-5-12)33(30,31)25-2)17(26-19(27-18)20(21,22)23)13-6-8-14(9-7-13)32(3,28)29/h4-11,25H,1-3H3,(H,24,26,27). The molecule has 0 unspecified atom stereocenters. The van der Waals surface area contributed by atoms with Gasteiger partial charge in [-0.1, -0.05) is 24.3 Å². The van der Waals surface area contributed by atoms with Crippen molar-refractivity contribution in [2.45, 2.75) is 16.0 Å². The number of benzene rings is 2. The van der Waals surface area contributed by atoms with Gasteiger partial charge in [0.1, 0.15) is 5.82 Å². The minimum atomic E-state index is -4.84. The van der Waals surface area contributed by atoms with E-state index in [-0.39, 0.29) is 32.4 Å². The fourth-order valence-corrected chi connectivity index (χ4v) is 4.39. The lowest BCUT2D eigenvalue weighted by Crippen LogP contribution is -2.18. The number of sulfonamides is 1. The lowest BCUT2D eigenvalue weighted by molar-refractivity contribution is -0.144. The summed E-state index contributed by atoms with van der Waals surface area (Å²) in [6, 6.07) is 10.7. The molecular formula is C20H19F3N4O4S2. The molecule has 0 bridgehead atoms. The zero-order valence-electron chi connectivity index (χ0n) is 17.6. The summed E-state index contributed by atoms with van der Waals surface area (Å²) in [5, 5.41) is 2.63. The van der Waals surface area contributed by atoms with Gasteiger partial charge in [0, 0.05) is 18.9 Å². The number of alkyl halides is 3. The number of halogens is 3. The summed E-state index contributed by atoms with van der Waals surface area (Å²) >= 11 is 0. The Kier molecular flexibility index (Phi) is 6.51. The van der Waals surface area contributed by atoms with E-state index in [1.807, 2.05) is 0 Å². The maximum atomic E-state index is 13.5. The van der Waals surface area contributed by atoms with Crippen LogP contribution in [-0.2, 0) is 26.0 Å². The molecule has 0 radical (unpaired) electrons. The van der Waals surface area contributed by atoms with Crippen LogP contribution in [0.25, 0.3) is 22.4 Å². The molecule has 0 saturated heterocycles. The van der Waals surface area contributed by atoms with E-state index in [0.717, 1.165) is 6.26 Å². The quantitative estimate of drug-likeness (QED) is 0.534. The number of anilines is 1. The van der Waals surface area contributed by atoms with Crippen molar-refractivity contribution in [1.29, 1.82) is 0 Å².